The first kappa shape index (κ1) is 13.7. The number of hydrogen-bond acceptors (Lipinski definition) is 3. The van der Waals surface area contributed by atoms with E-state index in [9.17, 15) is 5.11 Å². The minimum Gasteiger partial charge on any atom is -0.388 e. The van der Waals surface area contributed by atoms with Gasteiger partial charge in [-0.15, -0.1) is 0 Å². The third kappa shape index (κ3) is 3.00. The van der Waals surface area contributed by atoms with Gasteiger partial charge in [0.2, 0.25) is 0 Å². The van der Waals surface area contributed by atoms with Gasteiger partial charge in [-0.05, 0) is 48.2 Å². The normalized spacial score (nSPS) is 14.1. The molecule has 19 heavy (non-hydrogen) atoms. The van der Waals surface area contributed by atoms with Crippen LogP contribution < -0.4 is 5.73 Å². The highest BCUT2D eigenvalue weighted by molar-refractivity contribution is 5.34. The number of benzene rings is 1. The van der Waals surface area contributed by atoms with Crippen molar-refractivity contribution in [3.8, 4) is 0 Å². The molecular formula is C16H20N2O. The molecule has 1 aromatic carbocycles. The molecule has 0 aliphatic carbocycles. The summed E-state index contributed by atoms with van der Waals surface area (Å²) in [5, 5.41) is 10.5. The first-order valence-corrected chi connectivity index (χ1v) is 6.48. The van der Waals surface area contributed by atoms with Gasteiger partial charge in [0.05, 0.1) is 6.10 Å². The zero-order valence-corrected chi connectivity index (χ0v) is 11.4. The van der Waals surface area contributed by atoms with Crippen molar-refractivity contribution >= 4 is 0 Å². The molecule has 0 saturated carbocycles. The molecule has 2 aromatic rings. The van der Waals surface area contributed by atoms with Crippen LogP contribution in [0.4, 0.5) is 0 Å². The Morgan fingerprint density at radius 3 is 2.32 bits per heavy atom. The maximum absolute atomic E-state index is 10.5. The maximum Gasteiger partial charge on any atom is 0.0871 e. The van der Waals surface area contributed by atoms with Gasteiger partial charge in [-0.25, -0.2) is 0 Å². The summed E-state index contributed by atoms with van der Waals surface area (Å²) in [6, 6.07) is 9.89. The van der Waals surface area contributed by atoms with E-state index in [1.807, 2.05) is 18.2 Å². The van der Waals surface area contributed by atoms with Crippen LogP contribution in [0.15, 0.2) is 42.7 Å². The third-order valence-electron chi connectivity index (χ3n) is 3.64. The van der Waals surface area contributed by atoms with Crippen molar-refractivity contribution in [2.45, 2.75) is 25.9 Å². The van der Waals surface area contributed by atoms with Gasteiger partial charge in [0, 0.05) is 24.9 Å². The second kappa shape index (κ2) is 5.95. The van der Waals surface area contributed by atoms with Crippen molar-refractivity contribution in [2.24, 2.45) is 5.73 Å². The molecule has 3 nitrogen and oxygen atoms in total. The quantitative estimate of drug-likeness (QED) is 0.883. The smallest absolute Gasteiger partial charge is 0.0871 e. The van der Waals surface area contributed by atoms with Gasteiger partial charge in [0.25, 0.3) is 0 Å². The molecule has 0 radical (unpaired) electrons. The lowest BCUT2D eigenvalue weighted by Gasteiger charge is -2.23. The van der Waals surface area contributed by atoms with Gasteiger partial charge in [0.1, 0.15) is 0 Å². The van der Waals surface area contributed by atoms with E-state index in [0.29, 0.717) is 6.54 Å². The Balaban J connectivity index is 2.31. The van der Waals surface area contributed by atoms with E-state index in [2.05, 4.69) is 31.0 Å². The van der Waals surface area contributed by atoms with E-state index in [4.69, 9.17) is 5.73 Å². The molecule has 0 saturated heterocycles. The highest BCUT2D eigenvalue weighted by Gasteiger charge is 2.21. The van der Waals surface area contributed by atoms with Gasteiger partial charge in [-0.2, -0.15) is 0 Å². The van der Waals surface area contributed by atoms with Crippen LogP contribution in [0.25, 0.3) is 0 Å². The van der Waals surface area contributed by atoms with E-state index in [1.54, 1.807) is 12.4 Å². The lowest BCUT2D eigenvalue weighted by molar-refractivity contribution is 0.147. The van der Waals surface area contributed by atoms with Crippen LogP contribution in [0.1, 0.15) is 34.3 Å². The van der Waals surface area contributed by atoms with Crippen molar-refractivity contribution in [1.82, 2.24) is 4.98 Å². The largest absolute Gasteiger partial charge is 0.388 e. The Morgan fingerprint density at radius 2 is 1.74 bits per heavy atom. The summed E-state index contributed by atoms with van der Waals surface area (Å²) in [7, 11) is 0. The molecule has 0 aliphatic heterocycles. The minimum absolute atomic E-state index is 0.0956. The van der Waals surface area contributed by atoms with E-state index in [1.165, 1.54) is 11.1 Å². The number of aromatic nitrogens is 1. The van der Waals surface area contributed by atoms with Crippen LogP contribution in [0, 0.1) is 13.8 Å². The first-order chi connectivity index (χ1) is 9.13. The predicted molar refractivity (Wildman–Crippen MR) is 76.9 cm³/mol. The number of aryl methyl sites for hydroxylation is 2. The van der Waals surface area contributed by atoms with Crippen molar-refractivity contribution in [3.63, 3.8) is 0 Å². The molecule has 3 heteroatoms. The average molecular weight is 256 g/mol. The van der Waals surface area contributed by atoms with Gasteiger partial charge >= 0.3 is 0 Å². The van der Waals surface area contributed by atoms with Gasteiger partial charge in [0.15, 0.2) is 0 Å². The monoisotopic (exact) mass is 256 g/mol. The van der Waals surface area contributed by atoms with Gasteiger partial charge < -0.3 is 10.8 Å². The van der Waals surface area contributed by atoms with E-state index in [0.717, 1.165) is 11.1 Å². The lowest BCUT2D eigenvalue weighted by atomic mass is 9.88. The molecule has 2 unspecified atom stereocenters. The number of nitrogens with two attached hydrogens (primary N) is 1. The molecule has 2 rings (SSSR count). The molecular weight excluding hydrogens is 236 g/mol. The summed E-state index contributed by atoms with van der Waals surface area (Å²) in [5.41, 5.74) is 10.3. The number of hydrogen-bond donors (Lipinski definition) is 2. The lowest BCUT2D eigenvalue weighted by Crippen LogP contribution is -2.20. The second-order valence-electron chi connectivity index (χ2n) is 4.91. The van der Waals surface area contributed by atoms with Crippen LogP contribution in [-0.2, 0) is 0 Å². The molecule has 100 valence electrons. The molecule has 0 bridgehead atoms. The van der Waals surface area contributed by atoms with Crippen LogP contribution in [0.5, 0.6) is 0 Å². The summed E-state index contributed by atoms with van der Waals surface area (Å²) in [5.74, 6) is -0.0956. The number of rotatable bonds is 4. The summed E-state index contributed by atoms with van der Waals surface area (Å²) in [6.07, 6.45) is 2.77. The Morgan fingerprint density at radius 1 is 1.05 bits per heavy atom. The molecule has 3 N–H and O–H groups in total. The molecule has 1 aromatic heterocycles. The molecule has 0 aliphatic rings. The zero-order chi connectivity index (χ0) is 13.8. The fourth-order valence-electron chi connectivity index (χ4n) is 2.24. The van der Waals surface area contributed by atoms with Crippen molar-refractivity contribution < 1.29 is 5.11 Å². The third-order valence-corrected chi connectivity index (χ3v) is 3.64. The Labute approximate surface area is 114 Å². The van der Waals surface area contributed by atoms with Gasteiger partial charge in [-0.3, -0.25) is 4.98 Å². The van der Waals surface area contributed by atoms with E-state index >= 15 is 0 Å². The predicted octanol–water partition coefficient (Wildman–Crippen LogP) is 2.47. The molecule has 1 heterocycles. The summed E-state index contributed by atoms with van der Waals surface area (Å²) < 4.78 is 0. The topological polar surface area (TPSA) is 59.1 Å². The van der Waals surface area contributed by atoms with Gasteiger partial charge in [-0.1, -0.05) is 18.2 Å². The highest BCUT2D eigenvalue weighted by Crippen LogP contribution is 2.30. The van der Waals surface area contributed by atoms with Crippen molar-refractivity contribution in [1.29, 1.82) is 0 Å². The highest BCUT2D eigenvalue weighted by atomic mass is 16.3. The zero-order valence-electron chi connectivity index (χ0n) is 11.4. The fourth-order valence-corrected chi connectivity index (χ4v) is 2.24. The average Bonchev–Trinajstić information content (AvgIpc) is 2.44. The van der Waals surface area contributed by atoms with Crippen LogP contribution in [0.2, 0.25) is 0 Å². The Kier molecular flexibility index (Phi) is 4.30. The molecule has 2 atom stereocenters. The molecule has 0 fully saturated rings. The maximum atomic E-state index is 10.5. The number of pyridine rings is 1. The molecule has 0 spiro atoms. The molecule has 0 amide bonds. The van der Waals surface area contributed by atoms with Crippen LogP contribution in [0.3, 0.4) is 0 Å². The Bertz CT molecular complexity index is 540. The Hall–Kier alpha value is -1.71. The summed E-state index contributed by atoms with van der Waals surface area (Å²) >= 11 is 0. The SMILES string of the molecule is Cc1ccc(C(CN)C(O)c2ccncc2)cc1C. The fraction of sp³-hybridized carbons (Fsp3) is 0.312. The van der Waals surface area contributed by atoms with Crippen LogP contribution >= 0.6 is 0 Å². The number of nitrogens with zero attached hydrogens (tertiary/aromatic N) is 1. The summed E-state index contributed by atoms with van der Waals surface area (Å²) in [4.78, 5) is 3.97. The van der Waals surface area contributed by atoms with Crippen molar-refractivity contribution in [3.05, 3.63) is 65.0 Å². The van der Waals surface area contributed by atoms with Crippen LogP contribution in [-0.4, -0.2) is 16.6 Å². The second-order valence-corrected chi connectivity index (χ2v) is 4.91. The standard InChI is InChI=1S/C16H20N2O/c1-11-3-4-14(9-12(11)2)15(10-17)16(19)13-5-7-18-8-6-13/h3-9,15-16,19H,10,17H2,1-2H3. The van der Waals surface area contributed by atoms with Crippen molar-refractivity contribution in [2.75, 3.05) is 6.54 Å². The minimum atomic E-state index is -0.602. The van der Waals surface area contributed by atoms with E-state index in [-0.39, 0.29) is 5.92 Å². The van der Waals surface area contributed by atoms with E-state index < -0.39 is 6.10 Å². The number of aliphatic hydroxyl groups is 1. The first-order valence-electron chi connectivity index (χ1n) is 6.48. The number of aliphatic hydroxyl groups excluding tert-OH is 1. The summed E-state index contributed by atoms with van der Waals surface area (Å²) in [6.45, 7) is 4.56.